The normalized spacial score (nSPS) is 11.5. The number of hydrogen-bond acceptors (Lipinski definition) is 4. The van der Waals surface area contributed by atoms with Gasteiger partial charge in [0.2, 0.25) is 0 Å². The third-order valence-electron chi connectivity index (χ3n) is 10.9. The summed E-state index contributed by atoms with van der Waals surface area (Å²) in [4.78, 5) is 14.8. The van der Waals surface area contributed by atoms with Gasteiger partial charge in [0, 0.05) is 38.4 Å². The summed E-state index contributed by atoms with van der Waals surface area (Å²) in [5, 5.41) is 7.07. The molecule has 0 atom stereocenters. The Morgan fingerprint density at radius 3 is 1.25 bits per heavy atom. The number of furan rings is 1. The summed E-state index contributed by atoms with van der Waals surface area (Å²) in [6.07, 6.45) is 0. The number of nitrogens with zero attached hydrogens (tertiary/aromatic N) is 3. The number of benzene rings is 9. The lowest BCUT2D eigenvalue weighted by Crippen LogP contribution is -2.00. The summed E-state index contributed by atoms with van der Waals surface area (Å²) < 4.78 is 6.88. The van der Waals surface area contributed by atoms with Gasteiger partial charge in [0.05, 0.1) is 0 Å². The van der Waals surface area contributed by atoms with Crippen molar-refractivity contribution in [1.29, 1.82) is 0 Å². The minimum atomic E-state index is 0.633. The lowest BCUT2D eigenvalue weighted by Gasteiger charge is -2.11. The molecule has 0 fully saturated rings. The van der Waals surface area contributed by atoms with Gasteiger partial charge in [0.1, 0.15) is 11.2 Å². The van der Waals surface area contributed by atoms with Gasteiger partial charge in [-0.3, -0.25) is 0 Å². The molecule has 2 aromatic heterocycles. The Morgan fingerprint density at radius 2 is 0.649 bits per heavy atom. The van der Waals surface area contributed by atoms with E-state index in [-0.39, 0.29) is 0 Å². The topological polar surface area (TPSA) is 51.8 Å². The molecule has 266 valence electrons. The number of aromatic nitrogens is 3. The minimum absolute atomic E-state index is 0.633. The molecule has 0 saturated carbocycles. The summed E-state index contributed by atoms with van der Waals surface area (Å²) >= 11 is 0. The Morgan fingerprint density at radius 1 is 0.263 bits per heavy atom. The fraction of sp³-hybridized carbons (Fsp3) is 0. The fourth-order valence-corrected chi connectivity index (χ4v) is 8.18. The molecule has 0 bridgehead atoms. The van der Waals surface area contributed by atoms with Crippen LogP contribution in [0.2, 0.25) is 0 Å². The van der Waals surface area contributed by atoms with E-state index in [1.165, 1.54) is 16.2 Å². The highest BCUT2D eigenvalue weighted by atomic mass is 16.3. The van der Waals surface area contributed by atoms with Gasteiger partial charge in [-0.25, -0.2) is 15.0 Å². The van der Waals surface area contributed by atoms with Crippen LogP contribution in [0, 0.1) is 0 Å². The Balaban J connectivity index is 0.985. The van der Waals surface area contributed by atoms with Crippen LogP contribution in [0.4, 0.5) is 0 Å². The average Bonchev–Trinajstić information content (AvgIpc) is 3.70. The van der Waals surface area contributed by atoms with Crippen molar-refractivity contribution < 1.29 is 4.42 Å². The van der Waals surface area contributed by atoms with Crippen LogP contribution in [0.25, 0.3) is 111 Å². The highest BCUT2D eigenvalue weighted by molar-refractivity contribution is 6.31. The largest absolute Gasteiger partial charge is 0.455 e. The Labute approximate surface area is 329 Å². The summed E-state index contributed by atoms with van der Waals surface area (Å²) in [7, 11) is 0. The van der Waals surface area contributed by atoms with Crippen molar-refractivity contribution in [1.82, 2.24) is 15.0 Å². The molecule has 57 heavy (non-hydrogen) atoms. The van der Waals surface area contributed by atoms with Gasteiger partial charge in [0.15, 0.2) is 17.5 Å². The van der Waals surface area contributed by atoms with E-state index in [0.29, 0.717) is 17.5 Å². The van der Waals surface area contributed by atoms with E-state index in [2.05, 4.69) is 140 Å². The van der Waals surface area contributed by atoms with Gasteiger partial charge in [-0.1, -0.05) is 182 Å². The minimum Gasteiger partial charge on any atom is -0.455 e. The maximum absolute atomic E-state index is 6.88. The van der Waals surface area contributed by atoms with E-state index >= 15 is 0 Å². The Hall–Kier alpha value is -7.69. The quantitative estimate of drug-likeness (QED) is 0.160. The zero-order chi connectivity index (χ0) is 37.7. The van der Waals surface area contributed by atoms with E-state index < -0.39 is 0 Å². The van der Waals surface area contributed by atoms with Crippen molar-refractivity contribution in [2.45, 2.75) is 0 Å². The second-order valence-electron chi connectivity index (χ2n) is 14.4. The van der Waals surface area contributed by atoms with Gasteiger partial charge in [0.25, 0.3) is 0 Å². The monoisotopic (exact) mass is 727 g/mol. The van der Waals surface area contributed by atoms with E-state index in [9.17, 15) is 0 Å². The van der Waals surface area contributed by atoms with Crippen LogP contribution in [0.1, 0.15) is 0 Å². The van der Waals surface area contributed by atoms with E-state index in [1.54, 1.807) is 0 Å². The first kappa shape index (κ1) is 32.7. The molecule has 2 heterocycles. The fourth-order valence-electron chi connectivity index (χ4n) is 8.18. The van der Waals surface area contributed by atoms with Crippen LogP contribution < -0.4 is 0 Å². The smallest absolute Gasteiger partial charge is 0.164 e. The van der Waals surface area contributed by atoms with Crippen molar-refractivity contribution in [2.24, 2.45) is 0 Å². The molecule has 0 unspecified atom stereocenters. The Kier molecular flexibility index (Phi) is 7.78. The molecule has 4 heteroatoms. The highest BCUT2D eigenvalue weighted by Gasteiger charge is 2.19. The third kappa shape index (κ3) is 5.74. The first-order valence-corrected chi connectivity index (χ1v) is 19.2. The second-order valence-corrected chi connectivity index (χ2v) is 14.4. The van der Waals surface area contributed by atoms with E-state index in [4.69, 9.17) is 19.4 Å². The van der Waals surface area contributed by atoms with Gasteiger partial charge < -0.3 is 4.42 Å². The molecule has 0 radical (unpaired) electrons. The van der Waals surface area contributed by atoms with Gasteiger partial charge >= 0.3 is 0 Å². The predicted octanol–water partition coefficient (Wildman–Crippen LogP) is 14.1. The van der Waals surface area contributed by atoms with Crippen molar-refractivity contribution in [3.63, 3.8) is 0 Å². The molecule has 0 amide bonds. The molecule has 11 rings (SSSR count). The summed E-state index contributed by atoms with van der Waals surface area (Å²) in [5.74, 6) is 1.92. The molecule has 0 aliphatic heterocycles. The number of fused-ring (bicyclic) bond motifs is 8. The lowest BCUT2D eigenvalue weighted by atomic mass is 9.94. The van der Waals surface area contributed by atoms with Crippen LogP contribution in [-0.4, -0.2) is 15.0 Å². The second kappa shape index (κ2) is 13.6. The van der Waals surface area contributed by atoms with Crippen molar-refractivity contribution in [3.8, 4) is 67.5 Å². The highest BCUT2D eigenvalue weighted by Crippen LogP contribution is 2.44. The standard InChI is InChI=1S/C53H33N3O/c1-3-15-34(16-4-1)51-54-52(35-17-5-2-6-18-35)56-53(55-51)41-24-13-22-39(33-41)37-20-11-19-36(31-37)38-21-12-23-40(32-38)42-29-14-30-47-48-45-27-9-7-25-43(45)44-26-8-10-28-46(44)50(48)57-49(42)47/h1-33H. The van der Waals surface area contributed by atoms with Crippen LogP contribution in [0.15, 0.2) is 205 Å². The average molecular weight is 728 g/mol. The van der Waals surface area contributed by atoms with Gasteiger partial charge in [-0.05, 0) is 62.2 Å². The van der Waals surface area contributed by atoms with Crippen LogP contribution in [0.3, 0.4) is 0 Å². The Bertz CT molecular complexity index is 3240. The molecule has 0 N–H and O–H groups in total. The lowest BCUT2D eigenvalue weighted by molar-refractivity contribution is 0.674. The molecule has 11 aromatic rings. The zero-order valence-electron chi connectivity index (χ0n) is 30.8. The van der Waals surface area contributed by atoms with Crippen LogP contribution >= 0.6 is 0 Å². The molecule has 4 nitrogen and oxygen atoms in total. The van der Waals surface area contributed by atoms with Crippen LogP contribution in [0.5, 0.6) is 0 Å². The molecule has 9 aromatic carbocycles. The van der Waals surface area contributed by atoms with Gasteiger partial charge in [-0.15, -0.1) is 0 Å². The summed E-state index contributed by atoms with van der Waals surface area (Å²) in [6.45, 7) is 0. The molecular formula is C53H33N3O. The third-order valence-corrected chi connectivity index (χ3v) is 10.9. The summed E-state index contributed by atoms with van der Waals surface area (Å²) in [5.41, 5.74) is 11.3. The SMILES string of the molecule is c1ccc(-c2nc(-c3ccccc3)nc(-c3cccc(-c4cccc(-c5cccc(-c6cccc7c6oc6c8ccccc8c8ccccc8c76)c5)c4)c3)n2)cc1. The number of rotatable bonds is 6. The zero-order valence-corrected chi connectivity index (χ0v) is 30.8. The molecule has 0 aliphatic carbocycles. The predicted molar refractivity (Wildman–Crippen MR) is 235 cm³/mol. The molecular weight excluding hydrogens is 695 g/mol. The van der Waals surface area contributed by atoms with Crippen LogP contribution in [-0.2, 0) is 0 Å². The van der Waals surface area contributed by atoms with Crippen molar-refractivity contribution in [3.05, 3.63) is 200 Å². The number of para-hydroxylation sites is 1. The van der Waals surface area contributed by atoms with Crippen molar-refractivity contribution in [2.75, 3.05) is 0 Å². The molecule has 0 spiro atoms. The first-order chi connectivity index (χ1) is 28.2. The number of hydrogen-bond donors (Lipinski definition) is 0. The molecule has 0 saturated heterocycles. The maximum Gasteiger partial charge on any atom is 0.164 e. The van der Waals surface area contributed by atoms with Gasteiger partial charge in [-0.2, -0.15) is 0 Å². The van der Waals surface area contributed by atoms with E-state index in [1.807, 2.05) is 60.7 Å². The summed E-state index contributed by atoms with van der Waals surface area (Å²) in [6, 6.07) is 69.8. The van der Waals surface area contributed by atoms with Crippen molar-refractivity contribution >= 4 is 43.5 Å². The molecule has 0 aliphatic rings. The van der Waals surface area contributed by atoms with E-state index in [0.717, 1.165) is 77.4 Å². The maximum atomic E-state index is 6.88. The first-order valence-electron chi connectivity index (χ1n) is 19.2.